The number of imidazole rings is 1. The van der Waals surface area contributed by atoms with Gasteiger partial charge in [0.2, 0.25) is 0 Å². The first-order valence-corrected chi connectivity index (χ1v) is 10.7. The van der Waals surface area contributed by atoms with Gasteiger partial charge in [0.1, 0.15) is 23.3 Å². The molecule has 6 heteroatoms. The molecule has 0 amide bonds. The molecule has 0 N–H and O–H groups in total. The highest BCUT2D eigenvalue weighted by molar-refractivity contribution is 6.05. The van der Waals surface area contributed by atoms with Crippen molar-refractivity contribution in [2.45, 2.75) is 32.2 Å². The summed E-state index contributed by atoms with van der Waals surface area (Å²) in [6.07, 6.45) is 4.71. The van der Waals surface area contributed by atoms with Gasteiger partial charge >= 0.3 is 0 Å². The average molecular weight is 397 g/mol. The van der Waals surface area contributed by atoms with Gasteiger partial charge in [-0.3, -0.25) is 0 Å². The zero-order valence-corrected chi connectivity index (χ0v) is 17.0. The number of aromatic nitrogens is 4. The van der Waals surface area contributed by atoms with Crippen LogP contribution in [0.15, 0.2) is 59.3 Å². The number of para-hydroxylation sites is 3. The van der Waals surface area contributed by atoms with Crippen molar-refractivity contribution in [2.24, 2.45) is 0 Å². The molecule has 6 nitrogen and oxygen atoms in total. The summed E-state index contributed by atoms with van der Waals surface area (Å²) in [5, 5.41) is 1.04. The van der Waals surface area contributed by atoms with E-state index in [4.69, 9.17) is 9.40 Å². The SMILES string of the molecule is CCc1nc2ccccc2n1C1CCN(c2ncnc3c2oc2ccccc23)CC1. The van der Waals surface area contributed by atoms with Crippen LogP contribution in [-0.2, 0) is 6.42 Å². The van der Waals surface area contributed by atoms with Gasteiger partial charge in [0.15, 0.2) is 11.4 Å². The molecular weight excluding hydrogens is 374 g/mol. The molecule has 0 atom stereocenters. The molecule has 0 radical (unpaired) electrons. The Hall–Kier alpha value is -3.41. The maximum Gasteiger partial charge on any atom is 0.196 e. The molecule has 0 spiro atoms. The third kappa shape index (κ3) is 2.60. The summed E-state index contributed by atoms with van der Waals surface area (Å²) >= 11 is 0. The number of hydrogen-bond acceptors (Lipinski definition) is 5. The fourth-order valence-electron chi connectivity index (χ4n) is 4.82. The van der Waals surface area contributed by atoms with Crippen molar-refractivity contribution >= 4 is 38.9 Å². The Morgan fingerprint density at radius 2 is 1.80 bits per heavy atom. The van der Waals surface area contributed by atoms with Gasteiger partial charge in [-0.25, -0.2) is 15.0 Å². The summed E-state index contributed by atoms with van der Waals surface area (Å²) in [6.45, 7) is 4.05. The molecule has 30 heavy (non-hydrogen) atoms. The number of benzene rings is 2. The van der Waals surface area contributed by atoms with Crippen molar-refractivity contribution in [3.05, 3.63) is 60.7 Å². The number of hydrogen-bond donors (Lipinski definition) is 0. The lowest BCUT2D eigenvalue weighted by atomic mass is 10.0. The number of rotatable bonds is 3. The lowest BCUT2D eigenvalue weighted by molar-refractivity contribution is 0.393. The molecule has 0 unspecified atom stereocenters. The van der Waals surface area contributed by atoms with Crippen LogP contribution in [0, 0.1) is 0 Å². The van der Waals surface area contributed by atoms with Gasteiger partial charge in [0.05, 0.1) is 11.0 Å². The lowest BCUT2D eigenvalue weighted by Gasteiger charge is -2.34. The van der Waals surface area contributed by atoms with Crippen LogP contribution in [0.5, 0.6) is 0 Å². The molecule has 1 saturated heterocycles. The standard InChI is InChI=1S/C24H23N5O/c1-2-21-27-18-8-4-5-9-19(18)29(21)16-11-13-28(14-12-16)24-23-22(25-15-26-24)17-7-3-6-10-20(17)30-23/h3-10,15-16H,2,11-14H2,1H3. The summed E-state index contributed by atoms with van der Waals surface area (Å²) in [5.41, 5.74) is 4.89. The lowest BCUT2D eigenvalue weighted by Crippen LogP contribution is -2.35. The zero-order valence-electron chi connectivity index (χ0n) is 17.0. The summed E-state index contributed by atoms with van der Waals surface area (Å²) in [4.78, 5) is 16.3. The predicted molar refractivity (Wildman–Crippen MR) is 119 cm³/mol. The van der Waals surface area contributed by atoms with Crippen LogP contribution in [0.1, 0.15) is 31.6 Å². The average Bonchev–Trinajstić information content (AvgIpc) is 3.37. The highest BCUT2D eigenvalue weighted by atomic mass is 16.3. The van der Waals surface area contributed by atoms with Crippen LogP contribution in [-0.4, -0.2) is 32.6 Å². The van der Waals surface area contributed by atoms with Crippen molar-refractivity contribution < 1.29 is 4.42 Å². The van der Waals surface area contributed by atoms with Gasteiger partial charge in [-0.2, -0.15) is 0 Å². The quantitative estimate of drug-likeness (QED) is 0.422. The van der Waals surface area contributed by atoms with Gasteiger partial charge in [0.25, 0.3) is 0 Å². The monoisotopic (exact) mass is 397 g/mol. The van der Waals surface area contributed by atoms with E-state index in [9.17, 15) is 0 Å². The van der Waals surface area contributed by atoms with Crippen molar-refractivity contribution in [2.75, 3.05) is 18.0 Å². The van der Waals surface area contributed by atoms with E-state index in [1.165, 1.54) is 11.3 Å². The number of piperidine rings is 1. The van der Waals surface area contributed by atoms with Gasteiger partial charge in [-0.05, 0) is 37.1 Å². The largest absolute Gasteiger partial charge is 0.450 e. The molecule has 150 valence electrons. The molecule has 1 aliphatic heterocycles. The van der Waals surface area contributed by atoms with Crippen molar-refractivity contribution in [3.63, 3.8) is 0 Å². The van der Waals surface area contributed by atoms with E-state index < -0.39 is 0 Å². The van der Waals surface area contributed by atoms with Crippen LogP contribution in [0.2, 0.25) is 0 Å². The Kier molecular flexibility index (Phi) is 3.97. The van der Waals surface area contributed by atoms with E-state index in [1.54, 1.807) is 6.33 Å². The number of fused-ring (bicyclic) bond motifs is 4. The topological polar surface area (TPSA) is 60.0 Å². The molecular formula is C24H23N5O. The Morgan fingerprint density at radius 1 is 1.00 bits per heavy atom. The Morgan fingerprint density at radius 3 is 2.67 bits per heavy atom. The summed E-state index contributed by atoms with van der Waals surface area (Å²) in [7, 11) is 0. The summed E-state index contributed by atoms with van der Waals surface area (Å²) in [6, 6.07) is 17.0. The molecule has 0 bridgehead atoms. The second kappa shape index (κ2) is 6.83. The maximum atomic E-state index is 6.15. The van der Waals surface area contributed by atoms with Crippen LogP contribution in [0.3, 0.4) is 0 Å². The normalized spacial score (nSPS) is 15.6. The molecule has 3 aromatic heterocycles. The minimum Gasteiger partial charge on any atom is -0.450 e. The fourth-order valence-corrected chi connectivity index (χ4v) is 4.82. The first-order valence-electron chi connectivity index (χ1n) is 10.7. The Balaban J connectivity index is 1.33. The second-order valence-electron chi connectivity index (χ2n) is 7.93. The van der Waals surface area contributed by atoms with Gasteiger partial charge in [-0.15, -0.1) is 0 Å². The Bertz CT molecular complexity index is 1360. The van der Waals surface area contributed by atoms with E-state index in [1.807, 2.05) is 18.2 Å². The third-order valence-corrected chi connectivity index (χ3v) is 6.25. The molecule has 0 saturated carbocycles. The number of furan rings is 1. The highest BCUT2D eigenvalue weighted by Gasteiger charge is 2.26. The van der Waals surface area contributed by atoms with Crippen molar-refractivity contribution in [1.29, 1.82) is 0 Å². The first-order chi connectivity index (χ1) is 14.8. The van der Waals surface area contributed by atoms with E-state index in [2.05, 4.69) is 56.7 Å². The van der Waals surface area contributed by atoms with Crippen LogP contribution >= 0.6 is 0 Å². The molecule has 6 rings (SSSR count). The van der Waals surface area contributed by atoms with E-state index in [0.29, 0.717) is 6.04 Å². The molecule has 4 heterocycles. The molecule has 1 fully saturated rings. The smallest absolute Gasteiger partial charge is 0.196 e. The second-order valence-corrected chi connectivity index (χ2v) is 7.93. The zero-order chi connectivity index (χ0) is 20.1. The maximum absolute atomic E-state index is 6.15. The minimum absolute atomic E-state index is 0.455. The first kappa shape index (κ1) is 17.4. The molecule has 2 aromatic carbocycles. The summed E-state index contributed by atoms with van der Waals surface area (Å²) < 4.78 is 8.61. The van der Waals surface area contributed by atoms with Crippen molar-refractivity contribution in [3.8, 4) is 0 Å². The van der Waals surface area contributed by atoms with E-state index in [0.717, 1.165) is 65.8 Å². The van der Waals surface area contributed by atoms with E-state index >= 15 is 0 Å². The van der Waals surface area contributed by atoms with Crippen LogP contribution < -0.4 is 4.90 Å². The van der Waals surface area contributed by atoms with E-state index in [-0.39, 0.29) is 0 Å². The molecule has 5 aromatic rings. The minimum atomic E-state index is 0.455. The predicted octanol–water partition coefficient (Wildman–Crippen LogP) is 5.13. The van der Waals surface area contributed by atoms with Gasteiger partial charge < -0.3 is 13.9 Å². The van der Waals surface area contributed by atoms with Gasteiger partial charge in [0, 0.05) is 30.9 Å². The highest BCUT2D eigenvalue weighted by Crippen LogP contribution is 2.35. The summed E-state index contributed by atoms with van der Waals surface area (Å²) in [5.74, 6) is 2.08. The van der Waals surface area contributed by atoms with Crippen LogP contribution in [0.25, 0.3) is 33.1 Å². The molecule has 0 aliphatic carbocycles. The Labute approximate surface area is 174 Å². The number of anilines is 1. The number of aryl methyl sites for hydroxylation is 1. The molecule has 1 aliphatic rings. The van der Waals surface area contributed by atoms with Crippen LogP contribution in [0.4, 0.5) is 5.82 Å². The fraction of sp³-hybridized carbons (Fsp3) is 0.292. The van der Waals surface area contributed by atoms with Gasteiger partial charge in [-0.1, -0.05) is 31.2 Å². The number of nitrogens with zero attached hydrogens (tertiary/aromatic N) is 5. The van der Waals surface area contributed by atoms with Crippen molar-refractivity contribution in [1.82, 2.24) is 19.5 Å². The third-order valence-electron chi connectivity index (χ3n) is 6.25.